The lowest BCUT2D eigenvalue weighted by atomic mass is 10.0. The molecule has 0 aliphatic heterocycles. The van der Waals surface area contributed by atoms with Crippen LogP contribution in [0.15, 0.2) is 54.6 Å². The standard InChI is InChI=1S/C27H37N3O4S/c1-19-12-14-21(15-13-19)23(24(31)28-18-20-10-8-7-9-11-20)30(5)25(32)22(16-17-35-6)29-26(33)34-27(2,3)4/h7-15,22-23H,16-18H2,1-6H3,(H,28,31)(H,29,33). The van der Waals surface area contributed by atoms with Crippen molar-refractivity contribution < 1.29 is 19.1 Å². The van der Waals surface area contributed by atoms with Crippen molar-refractivity contribution in [1.29, 1.82) is 0 Å². The highest BCUT2D eigenvalue weighted by atomic mass is 32.2. The number of carbonyl (C=O) groups is 3. The third-order valence-corrected chi connectivity index (χ3v) is 5.93. The maximum Gasteiger partial charge on any atom is 0.408 e. The van der Waals surface area contributed by atoms with Crippen molar-refractivity contribution in [1.82, 2.24) is 15.5 Å². The third-order valence-electron chi connectivity index (χ3n) is 5.29. The molecule has 0 saturated carbocycles. The summed E-state index contributed by atoms with van der Waals surface area (Å²) in [6.07, 6.45) is 1.69. The van der Waals surface area contributed by atoms with E-state index in [0.29, 0.717) is 24.3 Å². The van der Waals surface area contributed by atoms with Crippen LogP contribution in [0.1, 0.15) is 49.9 Å². The highest BCUT2D eigenvalue weighted by Gasteiger charge is 2.33. The summed E-state index contributed by atoms with van der Waals surface area (Å²) in [6, 6.07) is 15.4. The zero-order valence-electron chi connectivity index (χ0n) is 21.5. The van der Waals surface area contributed by atoms with E-state index in [9.17, 15) is 14.4 Å². The first-order chi connectivity index (χ1) is 16.5. The van der Waals surface area contributed by atoms with Gasteiger partial charge in [0.15, 0.2) is 0 Å². The van der Waals surface area contributed by atoms with Gasteiger partial charge in [-0.2, -0.15) is 11.8 Å². The molecule has 2 aromatic rings. The van der Waals surface area contributed by atoms with Gasteiger partial charge in [0, 0.05) is 13.6 Å². The summed E-state index contributed by atoms with van der Waals surface area (Å²) in [6.45, 7) is 7.61. The molecule has 0 spiro atoms. The molecule has 2 N–H and O–H groups in total. The van der Waals surface area contributed by atoms with E-state index >= 15 is 0 Å². The van der Waals surface area contributed by atoms with Gasteiger partial charge in [-0.15, -0.1) is 0 Å². The molecule has 7 nitrogen and oxygen atoms in total. The number of hydrogen-bond donors (Lipinski definition) is 2. The second-order valence-corrected chi connectivity index (χ2v) is 10.4. The smallest absolute Gasteiger partial charge is 0.408 e. The summed E-state index contributed by atoms with van der Waals surface area (Å²) in [4.78, 5) is 40.8. The molecule has 0 aliphatic carbocycles. The summed E-state index contributed by atoms with van der Waals surface area (Å²) >= 11 is 1.58. The van der Waals surface area contributed by atoms with Crippen LogP contribution in [0.3, 0.4) is 0 Å². The van der Waals surface area contributed by atoms with Crippen molar-refractivity contribution in [3.63, 3.8) is 0 Å². The molecule has 0 radical (unpaired) electrons. The van der Waals surface area contributed by atoms with Gasteiger partial charge in [0.1, 0.15) is 17.7 Å². The number of aryl methyl sites for hydroxylation is 1. The van der Waals surface area contributed by atoms with Crippen molar-refractivity contribution in [2.75, 3.05) is 19.1 Å². The van der Waals surface area contributed by atoms with Gasteiger partial charge in [-0.3, -0.25) is 9.59 Å². The van der Waals surface area contributed by atoms with Crippen molar-refractivity contribution in [2.45, 2.75) is 58.3 Å². The van der Waals surface area contributed by atoms with E-state index < -0.39 is 23.8 Å². The van der Waals surface area contributed by atoms with Crippen LogP contribution in [-0.4, -0.2) is 53.5 Å². The number of nitrogens with one attached hydrogen (secondary N) is 2. The third kappa shape index (κ3) is 9.28. The van der Waals surface area contributed by atoms with Crippen LogP contribution >= 0.6 is 11.8 Å². The Bertz CT molecular complexity index is 974. The average Bonchev–Trinajstić information content (AvgIpc) is 2.80. The lowest BCUT2D eigenvalue weighted by molar-refractivity contribution is -0.140. The maximum absolute atomic E-state index is 13.6. The Hall–Kier alpha value is -3.00. The zero-order chi connectivity index (χ0) is 26.0. The zero-order valence-corrected chi connectivity index (χ0v) is 22.3. The number of hydrogen-bond acceptors (Lipinski definition) is 5. The first-order valence-electron chi connectivity index (χ1n) is 11.6. The highest BCUT2D eigenvalue weighted by molar-refractivity contribution is 7.98. The van der Waals surface area contributed by atoms with Gasteiger partial charge in [-0.25, -0.2) is 4.79 Å². The van der Waals surface area contributed by atoms with E-state index in [1.54, 1.807) is 39.6 Å². The number of amides is 3. The Morgan fingerprint density at radius 3 is 2.23 bits per heavy atom. The molecule has 2 rings (SSSR count). The van der Waals surface area contributed by atoms with Gasteiger partial charge in [0.25, 0.3) is 0 Å². The largest absolute Gasteiger partial charge is 0.444 e. The topological polar surface area (TPSA) is 87.7 Å². The van der Waals surface area contributed by atoms with Crippen molar-refractivity contribution >= 4 is 29.7 Å². The van der Waals surface area contributed by atoms with Gasteiger partial charge in [-0.1, -0.05) is 60.2 Å². The number of rotatable bonds is 10. The molecule has 3 amide bonds. The van der Waals surface area contributed by atoms with E-state index in [0.717, 1.165) is 11.1 Å². The summed E-state index contributed by atoms with van der Waals surface area (Å²) in [5, 5.41) is 5.66. The van der Waals surface area contributed by atoms with Crippen LogP contribution in [0.4, 0.5) is 4.79 Å². The molecule has 0 bridgehead atoms. The molecule has 2 atom stereocenters. The molecule has 0 heterocycles. The molecule has 190 valence electrons. The van der Waals surface area contributed by atoms with Crippen LogP contribution < -0.4 is 10.6 Å². The molecule has 0 aromatic heterocycles. The second kappa shape index (κ2) is 13.2. The number of likely N-dealkylation sites (N-methyl/N-ethyl adjacent to an activating group) is 1. The van der Waals surface area contributed by atoms with Crippen LogP contribution in [0.5, 0.6) is 0 Å². The molecule has 8 heteroatoms. The lowest BCUT2D eigenvalue weighted by Gasteiger charge is -2.31. The van der Waals surface area contributed by atoms with Gasteiger partial charge in [0.05, 0.1) is 0 Å². The Morgan fingerprint density at radius 2 is 1.66 bits per heavy atom. The van der Waals surface area contributed by atoms with Gasteiger partial charge in [0.2, 0.25) is 11.8 Å². The molecular weight excluding hydrogens is 462 g/mol. The van der Waals surface area contributed by atoms with Gasteiger partial charge in [-0.05, 0) is 57.3 Å². The van der Waals surface area contributed by atoms with Gasteiger partial charge >= 0.3 is 6.09 Å². The number of carbonyl (C=O) groups excluding carboxylic acids is 3. The Labute approximate surface area is 213 Å². The fourth-order valence-corrected chi connectivity index (χ4v) is 3.97. The SMILES string of the molecule is CSCCC(NC(=O)OC(C)(C)C)C(=O)N(C)C(C(=O)NCc1ccccc1)c1ccc(C)cc1. The van der Waals surface area contributed by atoms with Crippen LogP contribution in [0.2, 0.25) is 0 Å². The van der Waals surface area contributed by atoms with E-state index in [1.807, 2.05) is 67.8 Å². The van der Waals surface area contributed by atoms with E-state index in [4.69, 9.17) is 4.74 Å². The van der Waals surface area contributed by atoms with E-state index in [-0.39, 0.29) is 11.8 Å². The first kappa shape index (κ1) is 28.2. The number of thioether (sulfide) groups is 1. The molecule has 2 aromatic carbocycles. The molecule has 0 fully saturated rings. The van der Waals surface area contributed by atoms with Crippen LogP contribution in [0, 0.1) is 6.92 Å². The summed E-state index contributed by atoms with van der Waals surface area (Å²) in [5.41, 5.74) is 2.01. The van der Waals surface area contributed by atoms with Crippen molar-refractivity contribution in [3.05, 3.63) is 71.3 Å². The molecule has 0 aliphatic rings. The average molecular weight is 500 g/mol. The van der Waals surface area contributed by atoms with E-state index in [1.165, 1.54) is 4.90 Å². The monoisotopic (exact) mass is 499 g/mol. The number of benzene rings is 2. The van der Waals surface area contributed by atoms with Gasteiger partial charge < -0.3 is 20.3 Å². The Balaban J connectivity index is 2.27. The first-order valence-corrected chi connectivity index (χ1v) is 13.0. The maximum atomic E-state index is 13.6. The minimum atomic E-state index is -0.857. The molecular formula is C27H37N3O4S. The predicted octanol–water partition coefficient (Wildman–Crippen LogP) is 4.46. The molecule has 35 heavy (non-hydrogen) atoms. The summed E-state index contributed by atoms with van der Waals surface area (Å²) < 4.78 is 5.36. The summed E-state index contributed by atoms with van der Waals surface area (Å²) in [7, 11) is 1.60. The van der Waals surface area contributed by atoms with Crippen LogP contribution in [0.25, 0.3) is 0 Å². The van der Waals surface area contributed by atoms with Crippen molar-refractivity contribution in [2.24, 2.45) is 0 Å². The molecule has 2 unspecified atom stereocenters. The Morgan fingerprint density at radius 1 is 1.03 bits per heavy atom. The quantitative estimate of drug-likeness (QED) is 0.504. The number of nitrogens with zero attached hydrogens (tertiary/aromatic N) is 1. The fraction of sp³-hybridized carbons (Fsp3) is 0.444. The van der Waals surface area contributed by atoms with Crippen LogP contribution in [-0.2, 0) is 20.9 Å². The fourth-order valence-electron chi connectivity index (χ4n) is 3.50. The summed E-state index contributed by atoms with van der Waals surface area (Å²) in [5.74, 6) is 0.00917. The number of alkyl carbamates (subject to hydrolysis) is 1. The van der Waals surface area contributed by atoms with Crippen molar-refractivity contribution in [3.8, 4) is 0 Å². The minimum Gasteiger partial charge on any atom is -0.444 e. The minimum absolute atomic E-state index is 0.297. The molecule has 0 saturated heterocycles. The highest BCUT2D eigenvalue weighted by Crippen LogP contribution is 2.22. The number of ether oxygens (including phenoxy) is 1. The lowest BCUT2D eigenvalue weighted by Crippen LogP contribution is -2.51. The van der Waals surface area contributed by atoms with E-state index in [2.05, 4.69) is 10.6 Å². The Kier molecular flexibility index (Phi) is 10.6. The normalized spacial score (nSPS) is 12.9. The predicted molar refractivity (Wildman–Crippen MR) is 141 cm³/mol. The second-order valence-electron chi connectivity index (χ2n) is 9.45.